The quantitative estimate of drug-likeness (QED) is 0.816. The second-order valence-electron chi connectivity index (χ2n) is 5.32. The Morgan fingerprint density at radius 3 is 2.75 bits per heavy atom. The zero-order valence-electron chi connectivity index (χ0n) is 11.9. The van der Waals surface area contributed by atoms with Gasteiger partial charge in [-0.05, 0) is 50.7 Å². The van der Waals surface area contributed by atoms with Crippen molar-refractivity contribution < 1.29 is 4.74 Å². The first kappa shape index (κ1) is 16.1. The molecule has 1 fully saturated rings. The minimum Gasteiger partial charge on any atom is -0.375 e. The molecule has 0 saturated carbocycles. The zero-order chi connectivity index (χ0) is 14.4. The summed E-state index contributed by atoms with van der Waals surface area (Å²) in [6.45, 7) is 4.48. The molecule has 3 nitrogen and oxygen atoms in total. The molecule has 1 aromatic carbocycles. The average Bonchev–Trinajstić information content (AvgIpc) is 2.42. The predicted molar refractivity (Wildman–Crippen MR) is 84.6 cm³/mol. The first-order chi connectivity index (χ1) is 9.65. The Bertz CT molecular complexity index is 420. The third kappa shape index (κ3) is 5.23. The van der Waals surface area contributed by atoms with Crippen LogP contribution in [0.2, 0.25) is 10.0 Å². The Morgan fingerprint density at radius 1 is 1.30 bits per heavy atom. The molecule has 0 spiro atoms. The molecule has 0 unspecified atom stereocenters. The van der Waals surface area contributed by atoms with Crippen molar-refractivity contribution in [2.45, 2.75) is 25.5 Å². The molecule has 1 aliphatic rings. The second kappa shape index (κ2) is 8.20. The SMILES string of the molecule is CN1CCC(NCCOCc2ccc(Cl)cc2Cl)CC1. The van der Waals surface area contributed by atoms with E-state index in [1.54, 1.807) is 6.07 Å². The van der Waals surface area contributed by atoms with Crippen molar-refractivity contribution in [3.63, 3.8) is 0 Å². The standard InChI is InChI=1S/C15H22Cl2N2O/c1-19-7-4-14(5-8-19)18-6-9-20-11-12-2-3-13(16)10-15(12)17/h2-3,10,14,18H,4-9,11H2,1H3. The molecule has 0 aromatic heterocycles. The highest BCUT2D eigenvalue weighted by Crippen LogP contribution is 2.21. The maximum Gasteiger partial charge on any atom is 0.0732 e. The number of likely N-dealkylation sites (tertiary alicyclic amines) is 1. The van der Waals surface area contributed by atoms with Crippen LogP contribution in [0.5, 0.6) is 0 Å². The summed E-state index contributed by atoms with van der Waals surface area (Å²) in [7, 11) is 2.18. The van der Waals surface area contributed by atoms with Gasteiger partial charge in [0, 0.05) is 22.6 Å². The Morgan fingerprint density at radius 2 is 2.05 bits per heavy atom. The molecular weight excluding hydrogens is 295 g/mol. The van der Waals surface area contributed by atoms with Gasteiger partial charge in [0.2, 0.25) is 0 Å². The van der Waals surface area contributed by atoms with Crippen LogP contribution in [0.4, 0.5) is 0 Å². The molecule has 5 heteroatoms. The highest BCUT2D eigenvalue weighted by molar-refractivity contribution is 6.35. The molecule has 0 aliphatic carbocycles. The Labute approximate surface area is 131 Å². The minimum atomic E-state index is 0.533. The summed E-state index contributed by atoms with van der Waals surface area (Å²) in [5.74, 6) is 0. The number of hydrogen-bond donors (Lipinski definition) is 1. The normalized spacial score (nSPS) is 17.6. The number of nitrogens with zero attached hydrogens (tertiary/aromatic N) is 1. The molecule has 112 valence electrons. The molecule has 0 amide bonds. The summed E-state index contributed by atoms with van der Waals surface area (Å²) in [5, 5.41) is 4.87. The summed E-state index contributed by atoms with van der Waals surface area (Å²) < 4.78 is 5.65. The number of nitrogens with one attached hydrogen (secondary N) is 1. The van der Waals surface area contributed by atoms with Crippen LogP contribution < -0.4 is 5.32 Å². The van der Waals surface area contributed by atoms with Gasteiger partial charge >= 0.3 is 0 Å². The van der Waals surface area contributed by atoms with Crippen molar-refractivity contribution in [1.82, 2.24) is 10.2 Å². The van der Waals surface area contributed by atoms with Gasteiger partial charge in [0.1, 0.15) is 0 Å². The topological polar surface area (TPSA) is 24.5 Å². The van der Waals surface area contributed by atoms with Crippen molar-refractivity contribution in [3.05, 3.63) is 33.8 Å². The van der Waals surface area contributed by atoms with Crippen LogP contribution in [0.25, 0.3) is 0 Å². The molecule has 0 atom stereocenters. The zero-order valence-corrected chi connectivity index (χ0v) is 13.4. The van der Waals surface area contributed by atoms with Gasteiger partial charge in [-0.1, -0.05) is 29.3 Å². The van der Waals surface area contributed by atoms with Crippen molar-refractivity contribution in [2.24, 2.45) is 0 Å². The van der Waals surface area contributed by atoms with Crippen molar-refractivity contribution in [3.8, 4) is 0 Å². The minimum absolute atomic E-state index is 0.533. The number of benzene rings is 1. The van der Waals surface area contributed by atoms with E-state index >= 15 is 0 Å². The number of ether oxygens (including phenoxy) is 1. The number of halogens is 2. The lowest BCUT2D eigenvalue weighted by molar-refractivity contribution is 0.117. The number of rotatable bonds is 6. The largest absolute Gasteiger partial charge is 0.375 e. The van der Waals surface area contributed by atoms with E-state index in [-0.39, 0.29) is 0 Å². The van der Waals surface area contributed by atoms with Gasteiger partial charge < -0.3 is 15.0 Å². The van der Waals surface area contributed by atoms with E-state index in [2.05, 4.69) is 17.3 Å². The lowest BCUT2D eigenvalue weighted by Gasteiger charge is -2.29. The van der Waals surface area contributed by atoms with Gasteiger partial charge in [0.05, 0.1) is 13.2 Å². The van der Waals surface area contributed by atoms with E-state index in [0.29, 0.717) is 29.3 Å². The highest BCUT2D eigenvalue weighted by atomic mass is 35.5. The third-order valence-corrected chi connectivity index (χ3v) is 4.26. The first-order valence-electron chi connectivity index (χ1n) is 7.09. The summed E-state index contributed by atoms with van der Waals surface area (Å²) in [6.07, 6.45) is 2.44. The molecule has 1 aromatic rings. The Hall–Kier alpha value is -0.320. The van der Waals surface area contributed by atoms with Crippen LogP contribution in [0.15, 0.2) is 18.2 Å². The van der Waals surface area contributed by atoms with E-state index < -0.39 is 0 Å². The average molecular weight is 317 g/mol. The van der Waals surface area contributed by atoms with E-state index in [1.165, 1.54) is 25.9 Å². The highest BCUT2D eigenvalue weighted by Gasteiger charge is 2.15. The van der Waals surface area contributed by atoms with E-state index in [9.17, 15) is 0 Å². The summed E-state index contributed by atoms with van der Waals surface area (Å²) in [4.78, 5) is 2.37. The van der Waals surface area contributed by atoms with E-state index in [4.69, 9.17) is 27.9 Å². The fourth-order valence-electron chi connectivity index (χ4n) is 2.37. The summed E-state index contributed by atoms with van der Waals surface area (Å²) in [6, 6.07) is 6.13. The smallest absolute Gasteiger partial charge is 0.0732 e. The molecule has 2 rings (SSSR count). The fourth-order valence-corrected chi connectivity index (χ4v) is 2.83. The second-order valence-corrected chi connectivity index (χ2v) is 6.16. The van der Waals surface area contributed by atoms with Gasteiger partial charge in [-0.3, -0.25) is 0 Å². The van der Waals surface area contributed by atoms with Crippen LogP contribution >= 0.6 is 23.2 Å². The van der Waals surface area contributed by atoms with Crippen LogP contribution in [0, 0.1) is 0 Å². The molecule has 20 heavy (non-hydrogen) atoms. The van der Waals surface area contributed by atoms with Crippen molar-refractivity contribution in [2.75, 3.05) is 33.3 Å². The number of hydrogen-bond acceptors (Lipinski definition) is 3. The molecular formula is C15H22Cl2N2O. The third-order valence-electron chi connectivity index (χ3n) is 3.67. The van der Waals surface area contributed by atoms with Crippen LogP contribution in [-0.4, -0.2) is 44.2 Å². The lowest BCUT2D eigenvalue weighted by Crippen LogP contribution is -2.41. The van der Waals surface area contributed by atoms with Crippen LogP contribution in [0.3, 0.4) is 0 Å². The summed E-state index contributed by atoms with van der Waals surface area (Å²) in [5.41, 5.74) is 0.982. The van der Waals surface area contributed by atoms with Crippen molar-refractivity contribution >= 4 is 23.2 Å². The molecule has 0 radical (unpaired) electrons. The van der Waals surface area contributed by atoms with Gasteiger partial charge in [-0.25, -0.2) is 0 Å². The Balaban J connectivity index is 1.59. The molecule has 1 heterocycles. The van der Waals surface area contributed by atoms with Gasteiger partial charge in [0.15, 0.2) is 0 Å². The van der Waals surface area contributed by atoms with Crippen LogP contribution in [-0.2, 0) is 11.3 Å². The van der Waals surface area contributed by atoms with Crippen LogP contribution in [0.1, 0.15) is 18.4 Å². The number of piperidine rings is 1. The van der Waals surface area contributed by atoms with Crippen molar-refractivity contribution in [1.29, 1.82) is 0 Å². The predicted octanol–water partition coefficient (Wildman–Crippen LogP) is 3.19. The fraction of sp³-hybridized carbons (Fsp3) is 0.600. The maximum atomic E-state index is 6.09. The molecule has 0 bridgehead atoms. The first-order valence-corrected chi connectivity index (χ1v) is 7.84. The molecule has 1 saturated heterocycles. The van der Waals surface area contributed by atoms with Gasteiger partial charge in [0.25, 0.3) is 0 Å². The maximum absolute atomic E-state index is 6.09. The van der Waals surface area contributed by atoms with Gasteiger partial charge in [-0.15, -0.1) is 0 Å². The summed E-state index contributed by atoms with van der Waals surface area (Å²) >= 11 is 12.0. The molecule has 1 aliphatic heterocycles. The molecule has 1 N–H and O–H groups in total. The van der Waals surface area contributed by atoms with E-state index in [1.807, 2.05) is 12.1 Å². The Kier molecular flexibility index (Phi) is 6.59. The lowest BCUT2D eigenvalue weighted by atomic mass is 10.1. The van der Waals surface area contributed by atoms with E-state index in [0.717, 1.165) is 12.1 Å². The monoisotopic (exact) mass is 316 g/mol. The van der Waals surface area contributed by atoms with Gasteiger partial charge in [-0.2, -0.15) is 0 Å².